The largest absolute Gasteiger partial charge is 0.103 e. The third kappa shape index (κ3) is 2.16. The number of hydrogen-bond acceptors (Lipinski definition) is 0. The maximum Gasteiger partial charge on any atom is -0.00882 e. The summed E-state index contributed by atoms with van der Waals surface area (Å²) in [6, 6.07) is 10.5. The van der Waals surface area contributed by atoms with E-state index in [1.165, 1.54) is 16.7 Å². The number of rotatable bonds is 3. The van der Waals surface area contributed by atoms with Gasteiger partial charge in [0.25, 0.3) is 0 Å². The van der Waals surface area contributed by atoms with Crippen molar-refractivity contribution >= 4 is 5.57 Å². The topological polar surface area (TPSA) is 0 Å². The number of allylic oxidation sites excluding steroid dienone is 7. The van der Waals surface area contributed by atoms with Crippen LogP contribution in [0.2, 0.25) is 0 Å². The Morgan fingerprint density at radius 1 is 1.07 bits per heavy atom. The lowest BCUT2D eigenvalue weighted by Gasteiger charge is -2.07. The molecule has 0 nitrogen and oxygen atoms in total. The van der Waals surface area contributed by atoms with Gasteiger partial charge < -0.3 is 0 Å². The van der Waals surface area contributed by atoms with Gasteiger partial charge in [0.2, 0.25) is 0 Å². The van der Waals surface area contributed by atoms with Crippen LogP contribution in [-0.2, 0) is 0 Å². The first-order valence-electron chi connectivity index (χ1n) is 5.16. The molecule has 1 aliphatic carbocycles. The Hall–Kier alpha value is -1.82. The second kappa shape index (κ2) is 4.61. The van der Waals surface area contributed by atoms with E-state index in [1.54, 1.807) is 0 Å². The minimum Gasteiger partial charge on any atom is -0.103 e. The summed E-state index contributed by atoms with van der Waals surface area (Å²) in [6.45, 7) is 3.82. The molecule has 0 saturated carbocycles. The first-order chi connectivity index (χ1) is 7.42. The van der Waals surface area contributed by atoms with Crippen LogP contribution >= 0.6 is 0 Å². The van der Waals surface area contributed by atoms with Crippen LogP contribution in [0.25, 0.3) is 5.57 Å². The first-order valence-corrected chi connectivity index (χ1v) is 5.16. The van der Waals surface area contributed by atoms with Crippen molar-refractivity contribution in [2.75, 3.05) is 0 Å². The smallest absolute Gasteiger partial charge is 0.00882 e. The third-order valence-electron chi connectivity index (χ3n) is 2.48. The van der Waals surface area contributed by atoms with Gasteiger partial charge in [0.15, 0.2) is 0 Å². The standard InChI is InChI=1S/C15H14/c1-2-8-15(14-11-6-7-12-14)13-9-4-3-5-10-13/h2-7,9-12H,1,8H2. The van der Waals surface area contributed by atoms with Crippen LogP contribution in [0.5, 0.6) is 0 Å². The van der Waals surface area contributed by atoms with Crippen LogP contribution in [0, 0.1) is 0 Å². The van der Waals surface area contributed by atoms with Crippen LogP contribution < -0.4 is 0 Å². The molecule has 0 heteroatoms. The Bertz CT molecular complexity index is 416. The minimum absolute atomic E-state index is 0.911. The molecule has 0 amide bonds. The van der Waals surface area contributed by atoms with E-state index >= 15 is 0 Å². The predicted octanol–water partition coefficient (Wildman–Crippen LogP) is 4.14. The molecular formula is C15H14. The second-order valence-corrected chi connectivity index (χ2v) is 3.51. The zero-order chi connectivity index (χ0) is 10.5. The Labute approximate surface area is 91.0 Å². The molecular weight excluding hydrogens is 180 g/mol. The van der Waals surface area contributed by atoms with Gasteiger partial charge in [0, 0.05) is 0 Å². The van der Waals surface area contributed by atoms with Gasteiger partial charge in [-0.15, -0.1) is 6.58 Å². The lowest BCUT2D eigenvalue weighted by Crippen LogP contribution is -1.86. The average molecular weight is 194 g/mol. The molecule has 0 radical (unpaired) electrons. The van der Waals surface area contributed by atoms with Crippen molar-refractivity contribution in [1.29, 1.82) is 0 Å². The predicted molar refractivity (Wildman–Crippen MR) is 66.5 cm³/mol. The van der Waals surface area contributed by atoms with E-state index in [0.29, 0.717) is 0 Å². The molecule has 1 aromatic rings. The second-order valence-electron chi connectivity index (χ2n) is 3.51. The highest BCUT2D eigenvalue weighted by Gasteiger charge is 2.04. The van der Waals surface area contributed by atoms with Crippen LogP contribution in [0.3, 0.4) is 0 Å². The highest BCUT2D eigenvalue weighted by atomic mass is 14.1. The molecule has 74 valence electrons. The van der Waals surface area contributed by atoms with Crippen molar-refractivity contribution in [3.8, 4) is 0 Å². The molecule has 0 aromatic heterocycles. The van der Waals surface area contributed by atoms with Crippen LogP contribution in [0.4, 0.5) is 0 Å². The maximum atomic E-state index is 3.82. The third-order valence-corrected chi connectivity index (χ3v) is 2.48. The SMILES string of the molecule is C=CCC(=C1C=CC=C1)c1ccccc1. The Kier molecular flexibility index (Phi) is 2.99. The van der Waals surface area contributed by atoms with Gasteiger partial charge >= 0.3 is 0 Å². The van der Waals surface area contributed by atoms with Crippen LogP contribution in [0.1, 0.15) is 12.0 Å². The Balaban J connectivity index is 2.45. The van der Waals surface area contributed by atoms with Gasteiger partial charge in [0.05, 0.1) is 0 Å². The summed E-state index contributed by atoms with van der Waals surface area (Å²) in [6.07, 6.45) is 11.3. The Morgan fingerprint density at radius 3 is 2.33 bits per heavy atom. The summed E-state index contributed by atoms with van der Waals surface area (Å²) < 4.78 is 0. The van der Waals surface area contributed by atoms with Crippen molar-refractivity contribution in [2.45, 2.75) is 6.42 Å². The molecule has 0 unspecified atom stereocenters. The molecule has 0 bridgehead atoms. The molecule has 15 heavy (non-hydrogen) atoms. The fraction of sp³-hybridized carbons (Fsp3) is 0.0667. The summed E-state index contributed by atoms with van der Waals surface area (Å²) in [7, 11) is 0. The molecule has 0 N–H and O–H groups in total. The van der Waals surface area contributed by atoms with E-state index in [2.05, 4.69) is 55.1 Å². The molecule has 0 atom stereocenters. The van der Waals surface area contributed by atoms with E-state index in [1.807, 2.05) is 12.1 Å². The zero-order valence-corrected chi connectivity index (χ0v) is 8.69. The average Bonchev–Trinajstić information content (AvgIpc) is 2.80. The number of benzene rings is 1. The molecule has 0 fully saturated rings. The van der Waals surface area contributed by atoms with Crippen molar-refractivity contribution in [2.24, 2.45) is 0 Å². The molecule has 0 heterocycles. The summed E-state index contributed by atoms with van der Waals surface area (Å²) in [5.41, 5.74) is 3.92. The maximum absolute atomic E-state index is 3.82. The molecule has 2 rings (SSSR count). The van der Waals surface area contributed by atoms with Crippen LogP contribution in [-0.4, -0.2) is 0 Å². The van der Waals surface area contributed by atoms with Gasteiger partial charge in [-0.05, 0) is 23.1 Å². The Morgan fingerprint density at radius 2 is 1.73 bits per heavy atom. The summed E-state index contributed by atoms with van der Waals surface area (Å²) in [5, 5.41) is 0. The van der Waals surface area contributed by atoms with Gasteiger partial charge in [-0.1, -0.05) is 60.7 Å². The van der Waals surface area contributed by atoms with Crippen molar-refractivity contribution < 1.29 is 0 Å². The summed E-state index contributed by atoms with van der Waals surface area (Å²) in [5.74, 6) is 0. The first kappa shape index (κ1) is 9.72. The quantitative estimate of drug-likeness (QED) is 0.634. The van der Waals surface area contributed by atoms with E-state index in [4.69, 9.17) is 0 Å². The van der Waals surface area contributed by atoms with E-state index in [9.17, 15) is 0 Å². The highest BCUT2D eigenvalue weighted by Crippen LogP contribution is 2.26. The van der Waals surface area contributed by atoms with E-state index < -0.39 is 0 Å². The molecule has 1 aliphatic rings. The monoisotopic (exact) mass is 194 g/mol. The fourth-order valence-electron chi connectivity index (χ4n) is 1.76. The van der Waals surface area contributed by atoms with Crippen LogP contribution in [0.15, 0.2) is 72.9 Å². The summed E-state index contributed by atoms with van der Waals surface area (Å²) in [4.78, 5) is 0. The molecule has 0 spiro atoms. The van der Waals surface area contributed by atoms with E-state index in [-0.39, 0.29) is 0 Å². The summed E-state index contributed by atoms with van der Waals surface area (Å²) >= 11 is 0. The molecule has 0 saturated heterocycles. The lowest BCUT2D eigenvalue weighted by atomic mass is 9.97. The zero-order valence-electron chi connectivity index (χ0n) is 8.69. The van der Waals surface area contributed by atoms with Gasteiger partial charge in [-0.3, -0.25) is 0 Å². The molecule has 0 aliphatic heterocycles. The van der Waals surface area contributed by atoms with Gasteiger partial charge in [-0.25, -0.2) is 0 Å². The lowest BCUT2D eigenvalue weighted by molar-refractivity contribution is 1.38. The van der Waals surface area contributed by atoms with Crippen molar-refractivity contribution in [3.63, 3.8) is 0 Å². The van der Waals surface area contributed by atoms with Crippen molar-refractivity contribution in [1.82, 2.24) is 0 Å². The normalized spacial score (nSPS) is 13.2. The molecule has 1 aromatic carbocycles. The highest BCUT2D eigenvalue weighted by molar-refractivity contribution is 5.75. The van der Waals surface area contributed by atoms with Crippen molar-refractivity contribution in [3.05, 3.63) is 78.4 Å². The minimum atomic E-state index is 0.911. The number of hydrogen-bond donors (Lipinski definition) is 0. The van der Waals surface area contributed by atoms with Gasteiger partial charge in [0.1, 0.15) is 0 Å². The van der Waals surface area contributed by atoms with Gasteiger partial charge in [-0.2, -0.15) is 0 Å². The fourth-order valence-corrected chi connectivity index (χ4v) is 1.76. The van der Waals surface area contributed by atoms with E-state index in [0.717, 1.165) is 6.42 Å².